The number of ether oxygens (including phenoxy) is 2. The number of guanidine groups is 1. The van der Waals surface area contributed by atoms with E-state index in [1.54, 1.807) is 0 Å². The van der Waals surface area contributed by atoms with Crippen LogP contribution in [-0.2, 0) is 14.3 Å². The molecule has 8 heteroatoms. The molecule has 0 aliphatic carbocycles. The molecular weight excluding hydrogens is 483 g/mol. The molecule has 0 aromatic heterocycles. The third-order valence-electron chi connectivity index (χ3n) is 4.97. The minimum Gasteiger partial charge on any atom is -0.381 e. The number of benzene rings is 1. The smallest absolute Gasteiger partial charge is 0.229 e. The van der Waals surface area contributed by atoms with Crippen LogP contribution >= 0.6 is 24.0 Å². The van der Waals surface area contributed by atoms with Crippen molar-refractivity contribution in [2.75, 3.05) is 44.4 Å². The Morgan fingerprint density at radius 3 is 2.76 bits per heavy atom. The number of hydrogen-bond acceptors (Lipinski definition) is 4. The second kappa shape index (κ2) is 13.0. The Bertz CT molecular complexity index is 638. The quantitative estimate of drug-likeness (QED) is 0.241. The number of amides is 1. The number of aliphatic imine (C=N–C) groups is 1. The molecule has 0 saturated carbocycles. The fourth-order valence-corrected chi connectivity index (χ4v) is 3.52. The lowest BCUT2D eigenvalue weighted by molar-refractivity contribution is -0.117. The summed E-state index contributed by atoms with van der Waals surface area (Å²) in [6.07, 6.45) is 3.67. The molecule has 1 amide bonds. The van der Waals surface area contributed by atoms with Gasteiger partial charge in [0.15, 0.2) is 5.96 Å². The number of anilines is 1. The van der Waals surface area contributed by atoms with Crippen LogP contribution < -0.4 is 15.5 Å². The molecule has 1 aromatic rings. The van der Waals surface area contributed by atoms with E-state index in [2.05, 4.69) is 15.6 Å². The van der Waals surface area contributed by atoms with Gasteiger partial charge in [0, 0.05) is 51.6 Å². The summed E-state index contributed by atoms with van der Waals surface area (Å²) in [6, 6.07) is 9.87. The molecule has 1 atom stereocenters. The molecule has 2 aliphatic rings. The van der Waals surface area contributed by atoms with E-state index in [4.69, 9.17) is 9.47 Å². The first-order valence-corrected chi connectivity index (χ1v) is 10.4. The highest BCUT2D eigenvalue weighted by atomic mass is 127. The molecule has 3 rings (SSSR count). The number of halogens is 1. The largest absolute Gasteiger partial charge is 0.381 e. The SMILES string of the molecule is CCNC(=NCCCOC1CCOCC1)NC1CC(=O)N(c2ccccc2)C1.I. The predicted molar refractivity (Wildman–Crippen MR) is 126 cm³/mol. The highest BCUT2D eigenvalue weighted by Crippen LogP contribution is 2.20. The van der Waals surface area contributed by atoms with Crippen molar-refractivity contribution in [1.82, 2.24) is 10.6 Å². The van der Waals surface area contributed by atoms with Gasteiger partial charge in [0.1, 0.15) is 0 Å². The van der Waals surface area contributed by atoms with Crippen molar-refractivity contribution in [3.05, 3.63) is 30.3 Å². The van der Waals surface area contributed by atoms with E-state index in [-0.39, 0.29) is 35.9 Å². The van der Waals surface area contributed by atoms with Gasteiger partial charge < -0.3 is 25.0 Å². The summed E-state index contributed by atoms with van der Waals surface area (Å²) in [5, 5.41) is 6.68. The van der Waals surface area contributed by atoms with Crippen molar-refractivity contribution < 1.29 is 14.3 Å². The predicted octanol–water partition coefficient (Wildman–Crippen LogP) is 2.55. The van der Waals surface area contributed by atoms with E-state index in [0.29, 0.717) is 25.6 Å². The number of carbonyl (C=O) groups is 1. The van der Waals surface area contributed by atoms with E-state index >= 15 is 0 Å². The summed E-state index contributed by atoms with van der Waals surface area (Å²) in [5.41, 5.74) is 0.948. The lowest BCUT2D eigenvalue weighted by Gasteiger charge is -2.22. The van der Waals surface area contributed by atoms with Gasteiger partial charge in [-0.2, -0.15) is 0 Å². The first-order chi connectivity index (χ1) is 13.8. The first-order valence-electron chi connectivity index (χ1n) is 10.4. The normalized spacial score (nSPS) is 20.4. The first kappa shape index (κ1) is 23.9. The van der Waals surface area contributed by atoms with Gasteiger partial charge in [-0.3, -0.25) is 9.79 Å². The monoisotopic (exact) mass is 516 g/mol. The third-order valence-corrected chi connectivity index (χ3v) is 4.97. The van der Waals surface area contributed by atoms with Crippen LogP contribution in [0.4, 0.5) is 5.69 Å². The number of rotatable bonds is 8. The Balaban J connectivity index is 0.00000300. The maximum Gasteiger partial charge on any atom is 0.229 e. The lowest BCUT2D eigenvalue weighted by Crippen LogP contribution is -2.44. The fraction of sp³-hybridized carbons (Fsp3) is 0.619. The van der Waals surface area contributed by atoms with Crippen LogP contribution in [0.15, 0.2) is 35.3 Å². The molecule has 1 unspecified atom stereocenters. The summed E-state index contributed by atoms with van der Waals surface area (Å²) < 4.78 is 11.2. The Labute approximate surface area is 190 Å². The van der Waals surface area contributed by atoms with Gasteiger partial charge in [-0.05, 0) is 38.3 Å². The zero-order valence-corrected chi connectivity index (χ0v) is 19.5. The maximum absolute atomic E-state index is 12.4. The molecule has 0 radical (unpaired) electrons. The average Bonchev–Trinajstić information content (AvgIpc) is 3.09. The van der Waals surface area contributed by atoms with Crippen LogP contribution in [0.2, 0.25) is 0 Å². The molecule has 1 aromatic carbocycles. The zero-order chi connectivity index (χ0) is 19.6. The highest BCUT2D eigenvalue weighted by Gasteiger charge is 2.31. The van der Waals surface area contributed by atoms with Crippen LogP contribution in [0.3, 0.4) is 0 Å². The standard InChI is InChI=1S/C21H32N4O3.HI/c1-2-22-21(23-11-6-12-28-19-9-13-27-14-10-19)24-17-15-20(26)25(16-17)18-7-4-3-5-8-18;/h3-5,7-8,17,19H,2,6,9-16H2,1H3,(H2,22,23,24);1H. The molecule has 7 nitrogen and oxygen atoms in total. The summed E-state index contributed by atoms with van der Waals surface area (Å²) in [6.45, 7) is 6.50. The van der Waals surface area contributed by atoms with Gasteiger partial charge in [0.25, 0.3) is 0 Å². The molecule has 29 heavy (non-hydrogen) atoms. The summed E-state index contributed by atoms with van der Waals surface area (Å²) in [7, 11) is 0. The maximum atomic E-state index is 12.4. The van der Waals surface area contributed by atoms with Crippen molar-refractivity contribution in [2.45, 2.75) is 44.8 Å². The summed E-state index contributed by atoms with van der Waals surface area (Å²) in [5.74, 6) is 0.908. The summed E-state index contributed by atoms with van der Waals surface area (Å²) >= 11 is 0. The van der Waals surface area contributed by atoms with Crippen LogP contribution in [0.5, 0.6) is 0 Å². The summed E-state index contributed by atoms with van der Waals surface area (Å²) in [4.78, 5) is 18.9. The van der Waals surface area contributed by atoms with Gasteiger partial charge in [-0.1, -0.05) is 18.2 Å². The Hall–Kier alpha value is -1.39. The lowest BCUT2D eigenvalue weighted by atomic mass is 10.1. The Morgan fingerprint density at radius 2 is 2.03 bits per heavy atom. The number of para-hydroxylation sites is 1. The topological polar surface area (TPSA) is 75.2 Å². The highest BCUT2D eigenvalue weighted by molar-refractivity contribution is 14.0. The molecule has 162 valence electrons. The molecule has 2 N–H and O–H groups in total. The van der Waals surface area contributed by atoms with Crippen LogP contribution in [0.1, 0.15) is 32.6 Å². The van der Waals surface area contributed by atoms with E-state index in [0.717, 1.165) is 57.3 Å². The van der Waals surface area contributed by atoms with E-state index in [1.165, 1.54) is 0 Å². The molecule has 0 bridgehead atoms. The van der Waals surface area contributed by atoms with Crippen molar-refractivity contribution in [3.8, 4) is 0 Å². The third kappa shape index (κ3) is 7.75. The molecule has 2 fully saturated rings. The number of nitrogens with zero attached hydrogens (tertiary/aromatic N) is 2. The van der Waals surface area contributed by atoms with Crippen LogP contribution in [0, 0.1) is 0 Å². The van der Waals surface area contributed by atoms with Gasteiger partial charge in [0.05, 0.1) is 12.1 Å². The van der Waals surface area contributed by atoms with Gasteiger partial charge in [0.2, 0.25) is 5.91 Å². The average molecular weight is 516 g/mol. The number of carbonyl (C=O) groups excluding carboxylic acids is 1. The number of hydrogen-bond donors (Lipinski definition) is 2. The van der Waals surface area contributed by atoms with Crippen LogP contribution in [-0.4, -0.2) is 63.5 Å². The van der Waals surface area contributed by atoms with E-state index in [9.17, 15) is 4.79 Å². The van der Waals surface area contributed by atoms with E-state index < -0.39 is 0 Å². The number of nitrogens with one attached hydrogen (secondary N) is 2. The van der Waals surface area contributed by atoms with Crippen molar-refractivity contribution in [3.63, 3.8) is 0 Å². The van der Waals surface area contributed by atoms with Gasteiger partial charge in [-0.25, -0.2) is 0 Å². The fourth-order valence-electron chi connectivity index (χ4n) is 3.52. The molecule has 2 saturated heterocycles. The zero-order valence-electron chi connectivity index (χ0n) is 17.1. The van der Waals surface area contributed by atoms with Crippen LogP contribution in [0.25, 0.3) is 0 Å². The minimum atomic E-state index is 0. The van der Waals surface area contributed by atoms with Crippen molar-refractivity contribution in [1.29, 1.82) is 0 Å². The minimum absolute atomic E-state index is 0. The van der Waals surface area contributed by atoms with E-state index in [1.807, 2.05) is 42.2 Å². The van der Waals surface area contributed by atoms with Gasteiger partial charge in [-0.15, -0.1) is 24.0 Å². The molecule has 2 heterocycles. The van der Waals surface area contributed by atoms with Crippen molar-refractivity contribution in [2.24, 2.45) is 4.99 Å². The molecule has 2 aliphatic heterocycles. The van der Waals surface area contributed by atoms with Crippen molar-refractivity contribution >= 4 is 41.5 Å². The molecule has 0 spiro atoms. The Morgan fingerprint density at radius 1 is 1.28 bits per heavy atom. The van der Waals surface area contributed by atoms with Gasteiger partial charge >= 0.3 is 0 Å². The Kier molecular flexibility index (Phi) is 10.7. The second-order valence-electron chi connectivity index (χ2n) is 7.18. The molecular formula is C21H33IN4O3. The second-order valence-corrected chi connectivity index (χ2v) is 7.18.